The van der Waals surface area contributed by atoms with E-state index in [4.69, 9.17) is 4.42 Å². The van der Waals surface area contributed by atoms with Crippen molar-refractivity contribution in [1.29, 1.82) is 0 Å². The number of carbonyl (C=O) groups is 1. The van der Waals surface area contributed by atoms with Gasteiger partial charge in [-0.2, -0.15) is 0 Å². The van der Waals surface area contributed by atoms with Crippen molar-refractivity contribution in [2.24, 2.45) is 0 Å². The molecule has 1 amide bonds. The van der Waals surface area contributed by atoms with Crippen molar-refractivity contribution in [3.05, 3.63) is 111 Å². The van der Waals surface area contributed by atoms with Gasteiger partial charge in [0.15, 0.2) is 5.43 Å². The Morgan fingerprint density at radius 1 is 1.00 bits per heavy atom. The first-order chi connectivity index (χ1) is 15.0. The topological polar surface area (TPSA) is 50.5 Å². The Balaban J connectivity index is 1.80. The standard InChI is InChI=1S/C26H20FNO3/c1-3-16-7-9-17(10-8-16)23-22-24(29)20-14-18(27)11-12-21(20)31-25(22)26(30)28(23)19-6-4-5-15(2)13-19/h4-14,23H,3H2,1-2H3. The van der Waals surface area contributed by atoms with Crippen LogP contribution in [-0.2, 0) is 6.42 Å². The van der Waals surface area contributed by atoms with Crippen LogP contribution in [0.4, 0.5) is 10.1 Å². The molecule has 0 saturated heterocycles. The summed E-state index contributed by atoms with van der Waals surface area (Å²) in [7, 11) is 0. The SMILES string of the molecule is CCc1ccc(C2c3c(oc4ccc(F)cc4c3=O)C(=O)N2c2cccc(C)c2)cc1. The molecular weight excluding hydrogens is 393 g/mol. The second-order valence-electron chi connectivity index (χ2n) is 7.83. The van der Waals surface area contributed by atoms with Gasteiger partial charge < -0.3 is 4.42 Å². The Hall–Kier alpha value is -3.73. The summed E-state index contributed by atoms with van der Waals surface area (Å²) in [4.78, 5) is 28.6. The van der Waals surface area contributed by atoms with E-state index in [-0.39, 0.29) is 33.6 Å². The molecule has 0 bridgehead atoms. The summed E-state index contributed by atoms with van der Waals surface area (Å²) in [5.41, 5.74) is 3.68. The minimum Gasteiger partial charge on any atom is -0.450 e. The van der Waals surface area contributed by atoms with Crippen LogP contribution in [-0.4, -0.2) is 5.91 Å². The van der Waals surface area contributed by atoms with Gasteiger partial charge in [-0.1, -0.05) is 43.3 Å². The Labute approximate surface area is 178 Å². The summed E-state index contributed by atoms with van der Waals surface area (Å²) >= 11 is 0. The molecule has 1 aliphatic rings. The number of anilines is 1. The maximum absolute atomic E-state index is 13.9. The summed E-state index contributed by atoms with van der Waals surface area (Å²) in [5.74, 6) is -0.896. The van der Waals surface area contributed by atoms with E-state index in [0.717, 1.165) is 23.1 Å². The van der Waals surface area contributed by atoms with Crippen LogP contribution in [0, 0.1) is 12.7 Å². The highest BCUT2D eigenvalue weighted by Gasteiger charge is 2.43. The maximum atomic E-state index is 13.9. The molecule has 1 aliphatic heterocycles. The molecule has 3 aromatic carbocycles. The molecule has 0 saturated carbocycles. The van der Waals surface area contributed by atoms with Gasteiger partial charge >= 0.3 is 0 Å². The quantitative estimate of drug-likeness (QED) is 0.442. The smallest absolute Gasteiger partial charge is 0.295 e. The van der Waals surface area contributed by atoms with E-state index in [1.165, 1.54) is 18.2 Å². The first-order valence-corrected chi connectivity index (χ1v) is 10.2. The molecule has 2 heterocycles. The van der Waals surface area contributed by atoms with E-state index in [9.17, 15) is 14.0 Å². The van der Waals surface area contributed by atoms with Gasteiger partial charge in [-0.25, -0.2) is 4.39 Å². The third kappa shape index (κ3) is 3.05. The van der Waals surface area contributed by atoms with Gasteiger partial charge in [-0.05, 0) is 60.4 Å². The minimum absolute atomic E-state index is 0.00943. The van der Waals surface area contributed by atoms with E-state index < -0.39 is 11.9 Å². The number of hydrogen-bond acceptors (Lipinski definition) is 3. The number of hydrogen-bond donors (Lipinski definition) is 0. The van der Waals surface area contributed by atoms with Gasteiger partial charge in [-0.15, -0.1) is 0 Å². The highest BCUT2D eigenvalue weighted by atomic mass is 19.1. The number of carbonyl (C=O) groups excluding carboxylic acids is 1. The second kappa shape index (κ2) is 7.20. The first-order valence-electron chi connectivity index (χ1n) is 10.2. The Kier molecular flexibility index (Phi) is 4.47. The molecule has 0 spiro atoms. The van der Waals surface area contributed by atoms with Crippen LogP contribution >= 0.6 is 0 Å². The van der Waals surface area contributed by atoms with Gasteiger partial charge in [-0.3, -0.25) is 14.5 Å². The lowest BCUT2D eigenvalue weighted by Gasteiger charge is -2.25. The first kappa shape index (κ1) is 19.2. The maximum Gasteiger partial charge on any atom is 0.295 e. The fourth-order valence-electron chi connectivity index (χ4n) is 4.24. The van der Waals surface area contributed by atoms with E-state index in [1.807, 2.05) is 55.5 Å². The summed E-state index contributed by atoms with van der Waals surface area (Å²) in [6, 6.07) is 18.5. The summed E-state index contributed by atoms with van der Waals surface area (Å²) in [6.45, 7) is 4.01. The highest BCUT2D eigenvalue weighted by Crippen LogP contribution is 2.41. The van der Waals surface area contributed by atoms with Crippen molar-refractivity contribution in [2.75, 3.05) is 4.90 Å². The van der Waals surface area contributed by atoms with Crippen molar-refractivity contribution in [2.45, 2.75) is 26.3 Å². The molecule has 0 fully saturated rings. The number of halogens is 1. The van der Waals surface area contributed by atoms with Crippen LogP contribution in [0.1, 0.15) is 45.8 Å². The van der Waals surface area contributed by atoms with Gasteiger partial charge in [0.2, 0.25) is 5.76 Å². The fourth-order valence-corrected chi connectivity index (χ4v) is 4.24. The molecule has 1 aromatic heterocycles. The average molecular weight is 413 g/mol. The highest BCUT2D eigenvalue weighted by molar-refractivity contribution is 6.10. The largest absolute Gasteiger partial charge is 0.450 e. The van der Waals surface area contributed by atoms with Gasteiger partial charge in [0.25, 0.3) is 5.91 Å². The molecule has 0 aliphatic carbocycles. The monoisotopic (exact) mass is 413 g/mol. The minimum atomic E-state index is -0.654. The Morgan fingerprint density at radius 2 is 1.77 bits per heavy atom. The average Bonchev–Trinajstić information content (AvgIpc) is 3.07. The molecule has 4 nitrogen and oxygen atoms in total. The van der Waals surface area contributed by atoms with Crippen molar-refractivity contribution >= 4 is 22.6 Å². The molecule has 0 N–H and O–H groups in total. The molecule has 154 valence electrons. The second-order valence-corrected chi connectivity index (χ2v) is 7.83. The van der Waals surface area contributed by atoms with Gasteiger partial charge in [0.1, 0.15) is 11.4 Å². The Bertz CT molecular complexity index is 1390. The predicted octanol–water partition coefficient (Wildman–Crippen LogP) is 5.55. The molecular formula is C26H20FNO3. The molecule has 0 radical (unpaired) electrons. The third-order valence-electron chi connectivity index (χ3n) is 5.82. The predicted molar refractivity (Wildman–Crippen MR) is 118 cm³/mol. The molecule has 5 rings (SSSR count). The van der Waals surface area contributed by atoms with E-state index in [0.29, 0.717) is 5.69 Å². The Morgan fingerprint density at radius 3 is 2.48 bits per heavy atom. The molecule has 1 atom stereocenters. The molecule has 1 unspecified atom stereocenters. The lowest BCUT2D eigenvalue weighted by atomic mass is 9.97. The zero-order chi connectivity index (χ0) is 21.7. The van der Waals surface area contributed by atoms with Crippen molar-refractivity contribution in [3.8, 4) is 0 Å². The van der Waals surface area contributed by atoms with Crippen molar-refractivity contribution < 1.29 is 13.6 Å². The number of amides is 1. The van der Waals surface area contributed by atoms with Crippen LogP contribution in [0.25, 0.3) is 11.0 Å². The number of nitrogens with zero attached hydrogens (tertiary/aromatic N) is 1. The lowest BCUT2D eigenvalue weighted by Crippen LogP contribution is -2.29. The summed E-state index contributed by atoms with van der Waals surface area (Å²) in [5, 5.41) is 0.132. The number of rotatable bonds is 3. The van der Waals surface area contributed by atoms with Crippen LogP contribution in [0.15, 0.2) is 75.9 Å². The number of fused-ring (bicyclic) bond motifs is 2. The van der Waals surface area contributed by atoms with Gasteiger partial charge in [0, 0.05) is 5.69 Å². The van der Waals surface area contributed by atoms with Crippen LogP contribution in [0.2, 0.25) is 0 Å². The molecule has 5 heteroatoms. The van der Waals surface area contributed by atoms with Crippen molar-refractivity contribution in [3.63, 3.8) is 0 Å². The van der Waals surface area contributed by atoms with Gasteiger partial charge in [0.05, 0.1) is 17.0 Å². The van der Waals surface area contributed by atoms with Crippen LogP contribution in [0.3, 0.4) is 0 Å². The zero-order valence-corrected chi connectivity index (χ0v) is 17.2. The molecule has 4 aromatic rings. The van der Waals surface area contributed by atoms with Crippen LogP contribution in [0.5, 0.6) is 0 Å². The number of benzene rings is 3. The lowest BCUT2D eigenvalue weighted by molar-refractivity contribution is 0.0971. The summed E-state index contributed by atoms with van der Waals surface area (Å²) in [6.07, 6.45) is 0.883. The molecule has 31 heavy (non-hydrogen) atoms. The van der Waals surface area contributed by atoms with E-state index >= 15 is 0 Å². The third-order valence-corrected chi connectivity index (χ3v) is 5.82. The van der Waals surface area contributed by atoms with E-state index in [1.54, 1.807) is 4.90 Å². The van der Waals surface area contributed by atoms with Crippen LogP contribution < -0.4 is 10.3 Å². The fraction of sp³-hybridized carbons (Fsp3) is 0.154. The van der Waals surface area contributed by atoms with Crippen molar-refractivity contribution in [1.82, 2.24) is 0 Å². The normalized spacial score (nSPS) is 15.5. The number of aryl methyl sites for hydroxylation is 2. The summed E-state index contributed by atoms with van der Waals surface area (Å²) < 4.78 is 19.7. The van der Waals surface area contributed by atoms with E-state index in [2.05, 4.69) is 6.92 Å². The zero-order valence-electron chi connectivity index (χ0n) is 17.2.